The number of nitrogens with one attached hydrogen (secondary N) is 2. The molecule has 0 spiro atoms. The first kappa shape index (κ1) is 19.7. The molecule has 1 heterocycles. The lowest BCUT2D eigenvalue weighted by Crippen LogP contribution is -2.34. The van der Waals surface area contributed by atoms with E-state index >= 15 is 0 Å². The average molecular weight is 378 g/mol. The second-order valence-corrected chi connectivity index (χ2v) is 7.34. The van der Waals surface area contributed by atoms with Crippen molar-refractivity contribution in [3.8, 4) is 0 Å². The second kappa shape index (κ2) is 8.74. The number of carbonyl (C=O) groups is 2. The standard InChI is InChI=1S/C23H26N2O3/c1-15-5-3-7-17(11-15)12-19(23(27)28)14-24-21(26)10-9-18-13-25-22-16(2)6-4-8-20(18)22/h3-8,11,13,19,25H,9-10,12,14H2,1-2H3,(H,24,26)(H,27,28). The number of benzene rings is 2. The van der Waals surface area contributed by atoms with Crippen LogP contribution in [0.1, 0.15) is 28.7 Å². The van der Waals surface area contributed by atoms with E-state index in [9.17, 15) is 14.7 Å². The van der Waals surface area contributed by atoms with Crippen LogP contribution in [0.5, 0.6) is 0 Å². The minimum atomic E-state index is -0.895. The zero-order chi connectivity index (χ0) is 20.1. The van der Waals surface area contributed by atoms with Gasteiger partial charge in [-0.15, -0.1) is 0 Å². The molecule has 1 amide bonds. The fourth-order valence-corrected chi connectivity index (χ4v) is 3.51. The quantitative estimate of drug-likeness (QED) is 0.558. The third-order valence-corrected chi connectivity index (χ3v) is 5.09. The van der Waals surface area contributed by atoms with E-state index < -0.39 is 11.9 Å². The van der Waals surface area contributed by atoms with Gasteiger partial charge in [-0.2, -0.15) is 0 Å². The number of aromatic nitrogens is 1. The third kappa shape index (κ3) is 4.80. The number of aryl methyl sites for hydroxylation is 3. The molecule has 146 valence electrons. The van der Waals surface area contributed by atoms with Crippen molar-refractivity contribution in [1.29, 1.82) is 0 Å². The Kier molecular flexibility index (Phi) is 6.14. The Morgan fingerprint density at radius 2 is 1.93 bits per heavy atom. The van der Waals surface area contributed by atoms with Crippen LogP contribution in [-0.2, 0) is 22.4 Å². The first-order chi connectivity index (χ1) is 13.4. The van der Waals surface area contributed by atoms with E-state index in [1.165, 1.54) is 5.56 Å². The second-order valence-electron chi connectivity index (χ2n) is 7.34. The lowest BCUT2D eigenvalue weighted by molar-refractivity contribution is -0.141. The van der Waals surface area contributed by atoms with Crippen LogP contribution in [0.2, 0.25) is 0 Å². The Hall–Kier alpha value is -3.08. The molecule has 5 heteroatoms. The molecule has 0 saturated heterocycles. The average Bonchev–Trinajstić information content (AvgIpc) is 3.08. The number of hydrogen-bond donors (Lipinski definition) is 3. The summed E-state index contributed by atoms with van der Waals surface area (Å²) in [5.41, 5.74) is 5.44. The third-order valence-electron chi connectivity index (χ3n) is 5.09. The van der Waals surface area contributed by atoms with E-state index in [1.54, 1.807) is 0 Å². The predicted molar refractivity (Wildman–Crippen MR) is 110 cm³/mol. The molecule has 1 atom stereocenters. The van der Waals surface area contributed by atoms with Crippen molar-refractivity contribution in [1.82, 2.24) is 10.3 Å². The largest absolute Gasteiger partial charge is 0.481 e. The van der Waals surface area contributed by atoms with Gasteiger partial charge in [-0.25, -0.2) is 0 Å². The highest BCUT2D eigenvalue weighted by atomic mass is 16.4. The molecule has 1 aromatic heterocycles. The van der Waals surface area contributed by atoms with Gasteiger partial charge in [-0.3, -0.25) is 9.59 Å². The van der Waals surface area contributed by atoms with Gasteiger partial charge in [-0.1, -0.05) is 48.0 Å². The number of carbonyl (C=O) groups excluding carboxylic acids is 1. The smallest absolute Gasteiger partial charge is 0.308 e. The van der Waals surface area contributed by atoms with Crippen molar-refractivity contribution in [2.45, 2.75) is 33.1 Å². The van der Waals surface area contributed by atoms with Crippen LogP contribution in [0.25, 0.3) is 10.9 Å². The Bertz CT molecular complexity index is 990. The molecule has 0 radical (unpaired) electrons. The van der Waals surface area contributed by atoms with Crippen LogP contribution in [0, 0.1) is 19.8 Å². The van der Waals surface area contributed by atoms with Gasteiger partial charge in [0.1, 0.15) is 0 Å². The SMILES string of the molecule is Cc1cccc(CC(CNC(=O)CCc2c[nH]c3c(C)cccc23)C(=O)O)c1. The van der Waals surface area contributed by atoms with Crippen molar-refractivity contribution in [3.05, 3.63) is 70.9 Å². The molecular formula is C23H26N2O3. The van der Waals surface area contributed by atoms with Crippen molar-refractivity contribution < 1.29 is 14.7 Å². The van der Waals surface area contributed by atoms with E-state index in [2.05, 4.69) is 23.3 Å². The van der Waals surface area contributed by atoms with Gasteiger partial charge in [0.05, 0.1) is 5.92 Å². The molecule has 0 aliphatic heterocycles. The Morgan fingerprint density at radius 1 is 1.14 bits per heavy atom. The number of H-pyrrole nitrogens is 1. The number of rotatable bonds is 8. The summed E-state index contributed by atoms with van der Waals surface area (Å²) in [4.78, 5) is 27.1. The highest BCUT2D eigenvalue weighted by Gasteiger charge is 2.19. The maximum Gasteiger partial charge on any atom is 0.308 e. The van der Waals surface area contributed by atoms with Crippen molar-refractivity contribution in [2.75, 3.05) is 6.54 Å². The number of carboxylic acid groups (broad SMARTS) is 1. The summed E-state index contributed by atoms with van der Waals surface area (Å²) in [5.74, 6) is -1.66. The molecular weight excluding hydrogens is 352 g/mol. The van der Waals surface area contributed by atoms with E-state index in [0.29, 0.717) is 19.3 Å². The predicted octanol–water partition coefficient (Wildman–Crippen LogP) is 3.78. The number of para-hydroxylation sites is 1. The summed E-state index contributed by atoms with van der Waals surface area (Å²) < 4.78 is 0. The lowest BCUT2D eigenvalue weighted by atomic mass is 9.98. The molecule has 2 aromatic carbocycles. The topological polar surface area (TPSA) is 82.2 Å². The summed E-state index contributed by atoms with van der Waals surface area (Å²) in [6.07, 6.45) is 3.30. The lowest BCUT2D eigenvalue weighted by Gasteiger charge is -2.14. The summed E-state index contributed by atoms with van der Waals surface area (Å²) in [6, 6.07) is 13.9. The summed E-state index contributed by atoms with van der Waals surface area (Å²) >= 11 is 0. The van der Waals surface area contributed by atoms with E-state index in [1.807, 2.05) is 49.5 Å². The summed E-state index contributed by atoms with van der Waals surface area (Å²) in [7, 11) is 0. The summed E-state index contributed by atoms with van der Waals surface area (Å²) in [6.45, 7) is 4.16. The van der Waals surface area contributed by atoms with Gasteiger partial charge in [0.2, 0.25) is 5.91 Å². The zero-order valence-corrected chi connectivity index (χ0v) is 16.3. The number of hydrogen-bond acceptors (Lipinski definition) is 2. The fourth-order valence-electron chi connectivity index (χ4n) is 3.51. The van der Waals surface area contributed by atoms with E-state index in [4.69, 9.17) is 0 Å². The summed E-state index contributed by atoms with van der Waals surface area (Å²) in [5, 5.41) is 13.4. The van der Waals surface area contributed by atoms with Gasteiger partial charge >= 0.3 is 5.97 Å². The van der Waals surface area contributed by atoms with Crippen LogP contribution >= 0.6 is 0 Å². The molecule has 0 saturated carbocycles. The minimum Gasteiger partial charge on any atom is -0.481 e. The molecule has 0 fully saturated rings. The number of aliphatic carboxylic acids is 1. The maximum absolute atomic E-state index is 12.3. The molecule has 3 N–H and O–H groups in total. The molecule has 0 aliphatic carbocycles. The first-order valence-corrected chi connectivity index (χ1v) is 9.54. The maximum atomic E-state index is 12.3. The monoisotopic (exact) mass is 378 g/mol. The van der Waals surface area contributed by atoms with E-state index in [0.717, 1.165) is 27.6 Å². The van der Waals surface area contributed by atoms with Gasteiger partial charge in [0.15, 0.2) is 0 Å². The molecule has 3 rings (SSSR count). The van der Waals surface area contributed by atoms with Gasteiger partial charge in [-0.05, 0) is 43.4 Å². The molecule has 5 nitrogen and oxygen atoms in total. The zero-order valence-electron chi connectivity index (χ0n) is 16.3. The van der Waals surface area contributed by atoms with Crippen molar-refractivity contribution >= 4 is 22.8 Å². The number of fused-ring (bicyclic) bond motifs is 1. The van der Waals surface area contributed by atoms with Crippen molar-refractivity contribution in [3.63, 3.8) is 0 Å². The fraction of sp³-hybridized carbons (Fsp3) is 0.304. The highest BCUT2D eigenvalue weighted by Crippen LogP contribution is 2.22. The van der Waals surface area contributed by atoms with Crippen LogP contribution in [0.3, 0.4) is 0 Å². The Morgan fingerprint density at radius 3 is 2.68 bits per heavy atom. The molecule has 1 unspecified atom stereocenters. The Labute approximate surface area is 164 Å². The first-order valence-electron chi connectivity index (χ1n) is 9.54. The number of amides is 1. The van der Waals surface area contributed by atoms with Gasteiger partial charge in [0, 0.05) is 30.1 Å². The molecule has 0 bridgehead atoms. The van der Waals surface area contributed by atoms with Gasteiger partial charge < -0.3 is 15.4 Å². The van der Waals surface area contributed by atoms with Crippen LogP contribution in [-0.4, -0.2) is 28.5 Å². The van der Waals surface area contributed by atoms with Crippen molar-refractivity contribution in [2.24, 2.45) is 5.92 Å². The highest BCUT2D eigenvalue weighted by molar-refractivity contribution is 5.86. The van der Waals surface area contributed by atoms with Gasteiger partial charge in [0.25, 0.3) is 0 Å². The number of carboxylic acids is 1. The molecule has 28 heavy (non-hydrogen) atoms. The van der Waals surface area contributed by atoms with Crippen LogP contribution in [0.15, 0.2) is 48.7 Å². The van der Waals surface area contributed by atoms with Crippen LogP contribution < -0.4 is 5.32 Å². The normalized spacial score (nSPS) is 12.1. The molecule has 3 aromatic rings. The number of aromatic amines is 1. The van der Waals surface area contributed by atoms with Crippen LogP contribution in [0.4, 0.5) is 0 Å². The Balaban J connectivity index is 1.54. The minimum absolute atomic E-state index is 0.127. The molecule has 0 aliphatic rings. The van der Waals surface area contributed by atoms with E-state index in [-0.39, 0.29) is 12.5 Å².